The van der Waals surface area contributed by atoms with Gasteiger partial charge in [0.05, 0.1) is 25.2 Å². The zero-order valence-electron chi connectivity index (χ0n) is 15.9. The van der Waals surface area contributed by atoms with Crippen molar-refractivity contribution in [3.05, 3.63) is 90.2 Å². The monoisotopic (exact) mass is 369 g/mol. The van der Waals surface area contributed by atoms with Crippen molar-refractivity contribution in [2.75, 3.05) is 14.2 Å². The summed E-state index contributed by atoms with van der Waals surface area (Å²) in [7, 11) is 3.27. The van der Waals surface area contributed by atoms with Crippen LogP contribution in [0.1, 0.15) is 11.3 Å². The lowest BCUT2D eigenvalue weighted by Crippen LogP contribution is -1.90. The molecule has 0 spiro atoms. The summed E-state index contributed by atoms with van der Waals surface area (Å²) in [6, 6.07) is 26.3. The summed E-state index contributed by atoms with van der Waals surface area (Å²) < 4.78 is 16.9. The fourth-order valence-electron chi connectivity index (χ4n) is 3.19. The van der Waals surface area contributed by atoms with Gasteiger partial charge in [0, 0.05) is 12.1 Å². The van der Waals surface area contributed by atoms with E-state index in [9.17, 15) is 0 Å². The minimum Gasteiger partial charge on any atom is -0.493 e. The van der Waals surface area contributed by atoms with Gasteiger partial charge in [-0.15, -0.1) is 0 Å². The van der Waals surface area contributed by atoms with Crippen molar-refractivity contribution in [3.8, 4) is 22.6 Å². The van der Waals surface area contributed by atoms with Crippen molar-refractivity contribution in [1.29, 1.82) is 0 Å². The van der Waals surface area contributed by atoms with Gasteiger partial charge >= 0.3 is 11.3 Å². The fourth-order valence-corrected chi connectivity index (χ4v) is 3.19. The Morgan fingerprint density at radius 2 is 1.46 bits per heavy atom. The van der Waals surface area contributed by atoms with Gasteiger partial charge in [0.15, 0.2) is 11.5 Å². The number of benzene rings is 3. The van der Waals surface area contributed by atoms with E-state index in [2.05, 4.69) is 24.3 Å². The maximum absolute atomic E-state index is 6.23. The topological polar surface area (TPSA) is 29.8 Å². The lowest BCUT2D eigenvalue weighted by Gasteiger charge is -2.07. The lowest BCUT2D eigenvalue weighted by molar-refractivity contribution is 0.355. The van der Waals surface area contributed by atoms with Crippen LogP contribution < -0.4 is 9.47 Å². The third-order valence-corrected chi connectivity index (χ3v) is 4.62. The normalized spacial score (nSPS) is 11.1. The summed E-state index contributed by atoms with van der Waals surface area (Å²) in [5.74, 6) is 2.21. The molecule has 0 atom stereocenters. The van der Waals surface area contributed by atoms with E-state index in [1.165, 1.54) is 0 Å². The molecular formula is C25H21O3+. The van der Waals surface area contributed by atoms with Crippen LogP contribution in [0.2, 0.25) is 0 Å². The van der Waals surface area contributed by atoms with Crippen LogP contribution in [0.3, 0.4) is 0 Å². The van der Waals surface area contributed by atoms with Crippen LogP contribution in [0.25, 0.3) is 34.2 Å². The molecule has 1 heterocycles. The Labute approximate surface area is 164 Å². The minimum absolute atomic E-state index is 0.698. The predicted molar refractivity (Wildman–Crippen MR) is 115 cm³/mol. The van der Waals surface area contributed by atoms with Crippen molar-refractivity contribution in [3.63, 3.8) is 0 Å². The first-order valence-electron chi connectivity index (χ1n) is 9.10. The number of hydrogen-bond acceptors (Lipinski definition) is 2. The number of hydrogen-bond donors (Lipinski definition) is 0. The second-order valence-corrected chi connectivity index (χ2v) is 6.38. The second kappa shape index (κ2) is 7.97. The summed E-state index contributed by atoms with van der Waals surface area (Å²) in [4.78, 5) is 0. The molecule has 0 saturated carbocycles. The summed E-state index contributed by atoms with van der Waals surface area (Å²) in [5.41, 5.74) is 4.02. The van der Waals surface area contributed by atoms with E-state index in [1.54, 1.807) is 14.2 Å². The molecule has 4 aromatic rings. The molecule has 1 aromatic heterocycles. The van der Waals surface area contributed by atoms with E-state index in [0.29, 0.717) is 11.5 Å². The zero-order chi connectivity index (χ0) is 19.3. The molecule has 0 bridgehead atoms. The highest BCUT2D eigenvalue weighted by atomic mass is 16.5. The van der Waals surface area contributed by atoms with E-state index in [1.807, 2.05) is 66.7 Å². The minimum atomic E-state index is 0.698. The number of rotatable bonds is 5. The van der Waals surface area contributed by atoms with Crippen LogP contribution in [0.5, 0.6) is 11.5 Å². The Kier molecular flexibility index (Phi) is 5.07. The summed E-state index contributed by atoms with van der Waals surface area (Å²) in [6.45, 7) is 0. The Morgan fingerprint density at radius 3 is 2.25 bits per heavy atom. The standard InChI is InChI=1S/C25H21O3/c1-26-24-15-13-18(16-25(24)27-2)12-14-23-21(19-8-4-3-5-9-19)17-20-10-6-7-11-22(20)28-23/h3-17H,1-2H3/q+1/b14-12+. The van der Waals surface area contributed by atoms with Gasteiger partial charge in [-0.25, -0.2) is 4.42 Å². The summed E-state index contributed by atoms with van der Waals surface area (Å²) >= 11 is 0. The zero-order valence-corrected chi connectivity index (χ0v) is 15.9. The predicted octanol–water partition coefficient (Wildman–Crippen LogP) is 6.57. The van der Waals surface area contributed by atoms with Gasteiger partial charge in [-0.3, -0.25) is 0 Å². The van der Waals surface area contributed by atoms with Crippen molar-refractivity contribution < 1.29 is 13.9 Å². The van der Waals surface area contributed by atoms with Gasteiger partial charge < -0.3 is 9.47 Å². The Hall–Kier alpha value is -3.59. The molecule has 4 rings (SSSR count). The molecule has 0 radical (unpaired) electrons. The molecule has 0 unspecified atom stereocenters. The molecule has 0 aliphatic rings. The third-order valence-electron chi connectivity index (χ3n) is 4.62. The number of ether oxygens (including phenoxy) is 2. The first-order chi connectivity index (χ1) is 13.8. The number of fused-ring (bicyclic) bond motifs is 1. The molecule has 3 aromatic carbocycles. The Morgan fingerprint density at radius 1 is 0.714 bits per heavy atom. The smallest absolute Gasteiger partial charge is 0.361 e. The van der Waals surface area contributed by atoms with Crippen LogP contribution in [-0.2, 0) is 0 Å². The molecule has 0 saturated heterocycles. The molecule has 0 fully saturated rings. The van der Waals surface area contributed by atoms with Crippen molar-refractivity contribution in [1.82, 2.24) is 0 Å². The van der Waals surface area contributed by atoms with Gasteiger partial charge in [0.1, 0.15) is 0 Å². The lowest BCUT2D eigenvalue weighted by atomic mass is 10.0. The van der Waals surface area contributed by atoms with Gasteiger partial charge in [0.2, 0.25) is 0 Å². The van der Waals surface area contributed by atoms with E-state index in [-0.39, 0.29) is 0 Å². The maximum atomic E-state index is 6.23. The van der Waals surface area contributed by atoms with E-state index in [4.69, 9.17) is 13.9 Å². The highest BCUT2D eigenvalue weighted by Crippen LogP contribution is 2.31. The van der Waals surface area contributed by atoms with Gasteiger partial charge in [-0.05, 0) is 41.5 Å². The van der Waals surface area contributed by atoms with Crippen LogP contribution in [0.15, 0.2) is 83.3 Å². The van der Waals surface area contributed by atoms with E-state index < -0.39 is 0 Å². The number of para-hydroxylation sites is 1. The Balaban J connectivity index is 1.80. The molecule has 0 N–H and O–H groups in total. The highest BCUT2D eigenvalue weighted by Gasteiger charge is 2.18. The molecule has 138 valence electrons. The van der Waals surface area contributed by atoms with E-state index in [0.717, 1.165) is 33.4 Å². The molecule has 28 heavy (non-hydrogen) atoms. The van der Waals surface area contributed by atoms with Crippen LogP contribution in [0, 0.1) is 0 Å². The van der Waals surface area contributed by atoms with Gasteiger partial charge in [-0.2, -0.15) is 0 Å². The molecule has 3 nitrogen and oxygen atoms in total. The molecule has 0 aliphatic carbocycles. The van der Waals surface area contributed by atoms with Crippen molar-refractivity contribution >= 4 is 23.1 Å². The summed E-state index contributed by atoms with van der Waals surface area (Å²) in [5, 5.41) is 1.07. The first kappa shape index (κ1) is 17.8. The van der Waals surface area contributed by atoms with Crippen LogP contribution in [0.4, 0.5) is 0 Å². The van der Waals surface area contributed by atoms with Crippen LogP contribution >= 0.6 is 0 Å². The average molecular weight is 369 g/mol. The highest BCUT2D eigenvalue weighted by molar-refractivity contribution is 5.87. The SMILES string of the molecule is COc1ccc(/C=C/c2[o+]c3ccccc3cc2-c2ccccc2)cc1OC. The van der Waals surface area contributed by atoms with Gasteiger partial charge in [0.25, 0.3) is 0 Å². The summed E-state index contributed by atoms with van der Waals surface area (Å²) in [6.07, 6.45) is 4.01. The molecular weight excluding hydrogens is 348 g/mol. The van der Waals surface area contributed by atoms with Crippen molar-refractivity contribution in [2.24, 2.45) is 0 Å². The molecule has 3 heteroatoms. The Bertz CT molecular complexity index is 1130. The second-order valence-electron chi connectivity index (χ2n) is 6.38. The van der Waals surface area contributed by atoms with Crippen LogP contribution in [-0.4, -0.2) is 14.2 Å². The fraction of sp³-hybridized carbons (Fsp3) is 0.0800. The van der Waals surface area contributed by atoms with Crippen molar-refractivity contribution in [2.45, 2.75) is 0 Å². The van der Waals surface area contributed by atoms with E-state index >= 15 is 0 Å². The quantitative estimate of drug-likeness (QED) is 0.373. The average Bonchev–Trinajstić information content (AvgIpc) is 2.77. The van der Waals surface area contributed by atoms with Gasteiger partial charge in [-0.1, -0.05) is 48.5 Å². The molecule has 0 amide bonds. The first-order valence-corrected chi connectivity index (χ1v) is 9.10. The molecule has 0 aliphatic heterocycles. The number of methoxy groups -OCH3 is 2. The largest absolute Gasteiger partial charge is 0.493 e. The maximum Gasteiger partial charge on any atom is 0.361 e. The third kappa shape index (κ3) is 3.60.